The van der Waals surface area contributed by atoms with E-state index in [1.54, 1.807) is 14.2 Å². The molecular formula is C24H21BrN2O3. The van der Waals surface area contributed by atoms with E-state index in [-0.39, 0.29) is 12.3 Å². The Morgan fingerprint density at radius 1 is 0.967 bits per heavy atom. The van der Waals surface area contributed by atoms with Crippen LogP contribution >= 0.6 is 15.9 Å². The Bertz CT molecular complexity index is 1130. The van der Waals surface area contributed by atoms with Gasteiger partial charge in [-0.2, -0.15) is 5.10 Å². The van der Waals surface area contributed by atoms with E-state index in [1.165, 1.54) is 0 Å². The molecule has 3 aromatic carbocycles. The maximum absolute atomic E-state index is 6.41. The second kappa shape index (κ2) is 7.69. The number of para-hydroxylation sites is 1. The highest BCUT2D eigenvalue weighted by atomic mass is 79.9. The molecule has 2 heterocycles. The van der Waals surface area contributed by atoms with Crippen molar-refractivity contribution in [1.29, 1.82) is 0 Å². The summed E-state index contributed by atoms with van der Waals surface area (Å²) in [6.45, 7) is 0. The monoisotopic (exact) mass is 464 g/mol. The zero-order chi connectivity index (χ0) is 20.7. The van der Waals surface area contributed by atoms with Gasteiger partial charge in [-0.05, 0) is 36.4 Å². The quantitative estimate of drug-likeness (QED) is 0.495. The highest BCUT2D eigenvalue weighted by Crippen LogP contribution is 2.47. The van der Waals surface area contributed by atoms with Crippen molar-refractivity contribution in [2.45, 2.75) is 18.7 Å². The van der Waals surface area contributed by atoms with Crippen molar-refractivity contribution in [2.24, 2.45) is 5.10 Å². The van der Waals surface area contributed by atoms with Gasteiger partial charge in [0.2, 0.25) is 6.23 Å². The van der Waals surface area contributed by atoms with E-state index in [0.717, 1.165) is 39.0 Å². The number of hydrazone groups is 1. The standard InChI is InChI=1S/C24H21BrN2O3/c1-28-22-11-10-15(13-23(22)29-2)19-14-20-18-8-3-4-9-21(18)30-24(27(20)26-19)16-6-5-7-17(25)12-16/h3-13,20,24H,14H2,1-2H3/t20-,24+/m0/s1. The number of halogens is 1. The minimum atomic E-state index is -0.292. The first-order chi connectivity index (χ1) is 14.7. The number of methoxy groups -OCH3 is 2. The van der Waals surface area contributed by atoms with Crippen molar-refractivity contribution in [2.75, 3.05) is 14.2 Å². The van der Waals surface area contributed by atoms with Gasteiger partial charge in [-0.15, -0.1) is 0 Å². The van der Waals surface area contributed by atoms with E-state index >= 15 is 0 Å². The maximum Gasteiger partial charge on any atom is 0.213 e. The van der Waals surface area contributed by atoms with Crippen LogP contribution in [0.2, 0.25) is 0 Å². The molecule has 0 aromatic heterocycles. The fourth-order valence-electron chi connectivity index (χ4n) is 4.10. The first kappa shape index (κ1) is 19.0. The summed E-state index contributed by atoms with van der Waals surface area (Å²) >= 11 is 3.58. The van der Waals surface area contributed by atoms with Crippen molar-refractivity contribution in [1.82, 2.24) is 5.01 Å². The first-order valence-corrected chi connectivity index (χ1v) is 10.6. The minimum Gasteiger partial charge on any atom is -0.493 e. The molecule has 2 aliphatic heterocycles. The van der Waals surface area contributed by atoms with Gasteiger partial charge in [-0.3, -0.25) is 0 Å². The van der Waals surface area contributed by atoms with Gasteiger partial charge in [0.25, 0.3) is 0 Å². The molecule has 0 amide bonds. The molecule has 0 aliphatic carbocycles. The smallest absolute Gasteiger partial charge is 0.213 e. The summed E-state index contributed by atoms with van der Waals surface area (Å²) in [5.74, 6) is 2.31. The Labute approximate surface area is 184 Å². The van der Waals surface area contributed by atoms with E-state index in [2.05, 4.69) is 39.1 Å². The molecule has 3 aromatic rings. The van der Waals surface area contributed by atoms with Crippen molar-refractivity contribution >= 4 is 21.6 Å². The van der Waals surface area contributed by atoms with Crippen LogP contribution in [0.15, 0.2) is 76.3 Å². The molecule has 30 heavy (non-hydrogen) atoms. The van der Waals surface area contributed by atoms with Gasteiger partial charge in [-0.1, -0.05) is 46.3 Å². The highest BCUT2D eigenvalue weighted by molar-refractivity contribution is 9.10. The van der Waals surface area contributed by atoms with Gasteiger partial charge >= 0.3 is 0 Å². The topological polar surface area (TPSA) is 43.3 Å². The number of nitrogens with zero attached hydrogens (tertiary/aromatic N) is 2. The number of hydrogen-bond donors (Lipinski definition) is 0. The lowest BCUT2D eigenvalue weighted by Gasteiger charge is -2.38. The van der Waals surface area contributed by atoms with Crippen molar-refractivity contribution < 1.29 is 14.2 Å². The van der Waals surface area contributed by atoms with Gasteiger partial charge in [0, 0.05) is 27.6 Å². The van der Waals surface area contributed by atoms with Crippen LogP contribution in [0.1, 0.15) is 35.4 Å². The SMILES string of the molecule is COc1ccc(C2=NN3[C@@H](c4cccc(Br)c4)Oc4ccccc4[C@@H]3C2)cc1OC. The molecule has 6 heteroatoms. The summed E-state index contributed by atoms with van der Waals surface area (Å²) in [5.41, 5.74) is 4.23. The number of rotatable bonds is 4. The van der Waals surface area contributed by atoms with Crippen molar-refractivity contribution in [3.05, 3.63) is 87.9 Å². The van der Waals surface area contributed by atoms with E-state index in [4.69, 9.17) is 19.3 Å². The summed E-state index contributed by atoms with van der Waals surface area (Å²) < 4.78 is 18.3. The van der Waals surface area contributed by atoms with Crippen molar-refractivity contribution in [3.63, 3.8) is 0 Å². The molecule has 0 bridgehead atoms. The van der Waals surface area contributed by atoms with Gasteiger partial charge in [0.15, 0.2) is 11.5 Å². The second-order valence-corrected chi connectivity index (χ2v) is 8.20. The molecule has 2 aliphatic rings. The largest absolute Gasteiger partial charge is 0.493 e. The average molecular weight is 465 g/mol. The molecule has 0 saturated heterocycles. The number of benzene rings is 3. The molecule has 0 unspecified atom stereocenters. The van der Waals surface area contributed by atoms with Crippen LogP contribution in [0.3, 0.4) is 0 Å². The molecule has 5 rings (SSSR count). The average Bonchev–Trinajstić information content (AvgIpc) is 3.24. The first-order valence-electron chi connectivity index (χ1n) is 9.77. The van der Waals surface area contributed by atoms with E-state index in [9.17, 15) is 0 Å². The predicted octanol–water partition coefficient (Wildman–Crippen LogP) is 5.71. The van der Waals surface area contributed by atoms with Gasteiger partial charge < -0.3 is 14.2 Å². The Hall–Kier alpha value is -2.99. The van der Waals surface area contributed by atoms with Crippen LogP contribution < -0.4 is 14.2 Å². The van der Waals surface area contributed by atoms with Gasteiger partial charge in [0.1, 0.15) is 5.75 Å². The zero-order valence-corrected chi connectivity index (χ0v) is 18.3. The summed E-state index contributed by atoms with van der Waals surface area (Å²) in [5, 5.41) is 7.09. The Kier molecular flexibility index (Phi) is 4.87. The molecule has 152 valence electrons. The fourth-order valence-corrected chi connectivity index (χ4v) is 4.52. The van der Waals surface area contributed by atoms with Crippen molar-refractivity contribution in [3.8, 4) is 17.2 Å². The molecule has 0 N–H and O–H groups in total. The van der Waals surface area contributed by atoms with Crippen LogP contribution in [0.4, 0.5) is 0 Å². The summed E-state index contributed by atoms with van der Waals surface area (Å²) in [6.07, 6.45) is 0.500. The second-order valence-electron chi connectivity index (χ2n) is 7.28. The van der Waals surface area contributed by atoms with Crippen LogP contribution in [0.25, 0.3) is 0 Å². The third kappa shape index (κ3) is 3.21. The predicted molar refractivity (Wildman–Crippen MR) is 119 cm³/mol. The van der Waals surface area contributed by atoms with Gasteiger partial charge in [-0.25, -0.2) is 5.01 Å². The lowest BCUT2D eigenvalue weighted by Crippen LogP contribution is -2.33. The van der Waals surface area contributed by atoms with Crippen LogP contribution in [0.5, 0.6) is 17.2 Å². The molecule has 0 spiro atoms. The summed E-state index contributed by atoms with van der Waals surface area (Å²) in [7, 11) is 3.29. The molecule has 0 fully saturated rings. The summed E-state index contributed by atoms with van der Waals surface area (Å²) in [6, 6.07) is 22.5. The number of hydrogen-bond acceptors (Lipinski definition) is 5. The zero-order valence-electron chi connectivity index (χ0n) is 16.7. The number of ether oxygens (including phenoxy) is 3. The maximum atomic E-state index is 6.41. The fraction of sp³-hybridized carbons (Fsp3) is 0.208. The Morgan fingerprint density at radius 3 is 2.60 bits per heavy atom. The highest BCUT2D eigenvalue weighted by Gasteiger charge is 2.40. The van der Waals surface area contributed by atoms with Gasteiger partial charge in [0.05, 0.1) is 26.0 Å². The lowest BCUT2D eigenvalue weighted by atomic mass is 9.96. The van der Waals surface area contributed by atoms with Crippen LogP contribution in [-0.4, -0.2) is 24.9 Å². The molecule has 0 saturated carbocycles. The molecule has 5 nitrogen and oxygen atoms in total. The van der Waals surface area contributed by atoms with Crippen LogP contribution in [-0.2, 0) is 0 Å². The van der Waals surface area contributed by atoms with E-state index in [1.807, 2.05) is 48.5 Å². The normalized spacial score (nSPS) is 19.4. The van der Waals surface area contributed by atoms with E-state index in [0.29, 0.717) is 11.5 Å². The third-order valence-electron chi connectivity index (χ3n) is 5.55. The Balaban J connectivity index is 1.58. The molecule has 2 atom stereocenters. The van der Waals surface area contributed by atoms with Crippen LogP contribution in [0, 0.1) is 0 Å². The third-order valence-corrected chi connectivity index (χ3v) is 6.04. The van der Waals surface area contributed by atoms with E-state index < -0.39 is 0 Å². The molecular weight excluding hydrogens is 444 g/mol. The molecule has 0 radical (unpaired) electrons. The number of fused-ring (bicyclic) bond motifs is 3. The minimum absolute atomic E-state index is 0.113. The summed E-state index contributed by atoms with van der Waals surface area (Å²) in [4.78, 5) is 0. The lowest BCUT2D eigenvalue weighted by molar-refractivity contribution is -0.0190. The Morgan fingerprint density at radius 2 is 1.80 bits per heavy atom.